The van der Waals surface area contributed by atoms with E-state index in [0.29, 0.717) is 32.3 Å². The maximum atomic E-state index is 13.1. The molecule has 2 N–H and O–H groups in total. The monoisotopic (exact) mass is 421 g/mol. The number of hydrogen-bond donors (Lipinski definition) is 2. The van der Waals surface area contributed by atoms with E-state index >= 15 is 0 Å². The summed E-state index contributed by atoms with van der Waals surface area (Å²) in [6, 6.07) is 14.9. The maximum Gasteiger partial charge on any atom is 0.254 e. The molecule has 6 nitrogen and oxygen atoms in total. The first kappa shape index (κ1) is 20.5. The summed E-state index contributed by atoms with van der Waals surface area (Å²) in [5.41, 5.74) is 5.57. The molecule has 2 atom stereocenters. The number of benzene rings is 2. The number of rotatable bonds is 6. The lowest BCUT2D eigenvalue weighted by Crippen LogP contribution is -2.46. The summed E-state index contributed by atoms with van der Waals surface area (Å²) >= 11 is 0. The summed E-state index contributed by atoms with van der Waals surface area (Å²) in [6.45, 7) is 4.95. The van der Waals surface area contributed by atoms with E-state index in [2.05, 4.69) is 46.6 Å². The first-order chi connectivity index (χ1) is 15.2. The molecule has 5 rings (SSSR count). The molecule has 31 heavy (non-hydrogen) atoms. The van der Waals surface area contributed by atoms with Gasteiger partial charge in [-0.05, 0) is 48.1 Å². The second-order valence-corrected chi connectivity index (χ2v) is 8.99. The van der Waals surface area contributed by atoms with Crippen LogP contribution >= 0.6 is 0 Å². The molecule has 1 saturated heterocycles. The maximum absolute atomic E-state index is 13.1. The Kier molecular flexibility index (Phi) is 5.94. The molecule has 0 aliphatic carbocycles. The molecule has 6 heteroatoms. The lowest BCUT2D eigenvalue weighted by molar-refractivity contribution is 0.0493. The minimum atomic E-state index is -0.548. The van der Waals surface area contributed by atoms with Crippen molar-refractivity contribution in [2.75, 3.05) is 44.7 Å². The van der Waals surface area contributed by atoms with Crippen LogP contribution in [0, 0.1) is 0 Å². The van der Waals surface area contributed by atoms with Crippen LogP contribution in [0.15, 0.2) is 42.5 Å². The van der Waals surface area contributed by atoms with Crippen molar-refractivity contribution in [3.05, 3.63) is 64.7 Å². The van der Waals surface area contributed by atoms with Crippen LogP contribution in [-0.4, -0.2) is 72.4 Å². The van der Waals surface area contributed by atoms with E-state index in [-0.39, 0.29) is 5.91 Å². The number of fused-ring (bicyclic) bond motifs is 2. The average molecular weight is 422 g/mol. The number of aliphatic hydroxyl groups is 1. The number of nitrogens with zero attached hydrogens (tertiary/aromatic N) is 2. The molecule has 0 saturated carbocycles. The number of anilines is 1. The largest absolute Gasteiger partial charge is 0.390 e. The van der Waals surface area contributed by atoms with E-state index in [4.69, 9.17) is 4.74 Å². The van der Waals surface area contributed by atoms with Gasteiger partial charge in [0.05, 0.1) is 18.8 Å². The van der Waals surface area contributed by atoms with Crippen molar-refractivity contribution in [1.29, 1.82) is 0 Å². The molecule has 1 amide bonds. The van der Waals surface area contributed by atoms with Crippen LogP contribution in [0.5, 0.6) is 0 Å². The van der Waals surface area contributed by atoms with Gasteiger partial charge in [-0.1, -0.05) is 30.3 Å². The first-order valence-electron chi connectivity index (χ1n) is 11.4. The van der Waals surface area contributed by atoms with E-state index < -0.39 is 6.10 Å². The molecule has 0 aromatic heterocycles. The third-order valence-electron chi connectivity index (χ3n) is 6.69. The second-order valence-electron chi connectivity index (χ2n) is 8.99. The summed E-state index contributed by atoms with van der Waals surface area (Å²) in [7, 11) is 0. The van der Waals surface area contributed by atoms with Crippen LogP contribution in [-0.2, 0) is 24.1 Å². The second kappa shape index (κ2) is 8.99. The smallest absolute Gasteiger partial charge is 0.254 e. The van der Waals surface area contributed by atoms with Crippen molar-refractivity contribution < 1.29 is 14.6 Å². The Balaban J connectivity index is 1.19. The molecular weight excluding hydrogens is 390 g/mol. The van der Waals surface area contributed by atoms with Gasteiger partial charge in [0, 0.05) is 50.6 Å². The van der Waals surface area contributed by atoms with E-state index in [0.717, 1.165) is 55.8 Å². The van der Waals surface area contributed by atoms with Crippen molar-refractivity contribution in [2.45, 2.75) is 38.0 Å². The van der Waals surface area contributed by atoms with Crippen LogP contribution in [0.3, 0.4) is 0 Å². The van der Waals surface area contributed by atoms with Gasteiger partial charge in [-0.3, -0.25) is 9.69 Å². The van der Waals surface area contributed by atoms with Gasteiger partial charge < -0.3 is 20.1 Å². The van der Waals surface area contributed by atoms with Crippen LogP contribution in [0.4, 0.5) is 5.69 Å². The molecule has 2 unspecified atom stereocenters. The highest BCUT2D eigenvalue weighted by atomic mass is 16.5. The molecule has 2 aromatic carbocycles. The Labute approximate surface area is 183 Å². The molecule has 3 aliphatic rings. The van der Waals surface area contributed by atoms with Crippen LogP contribution in [0.25, 0.3) is 0 Å². The number of carbonyl (C=O) groups is 1. The zero-order valence-electron chi connectivity index (χ0n) is 17.9. The lowest BCUT2D eigenvalue weighted by Gasteiger charge is -2.34. The molecule has 2 aromatic rings. The van der Waals surface area contributed by atoms with Gasteiger partial charge in [-0.15, -0.1) is 0 Å². The van der Waals surface area contributed by atoms with Gasteiger partial charge in [0.2, 0.25) is 0 Å². The fourth-order valence-electron chi connectivity index (χ4n) is 4.99. The molecule has 164 valence electrons. The predicted octanol–water partition coefficient (Wildman–Crippen LogP) is 2.30. The predicted molar refractivity (Wildman–Crippen MR) is 120 cm³/mol. The highest BCUT2D eigenvalue weighted by molar-refractivity contribution is 5.97. The Morgan fingerprint density at radius 1 is 1.06 bits per heavy atom. The number of nitrogens with one attached hydrogen (secondary N) is 1. The Morgan fingerprint density at radius 3 is 2.74 bits per heavy atom. The number of aliphatic hydroxyl groups excluding tert-OH is 1. The number of amides is 1. The van der Waals surface area contributed by atoms with Crippen LogP contribution in [0.1, 0.15) is 33.5 Å². The molecule has 0 bridgehead atoms. The van der Waals surface area contributed by atoms with Crippen molar-refractivity contribution in [3.63, 3.8) is 0 Å². The topological polar surface area (TPSA) is 65.0 Å². The van der Waals surface area contributed by atoms with Gasteiger partial charge in [0.25, 0.3) is 5.91 Å². The number of hydrogen-bond acceptors (Lipinski definition) is 5. The van der Waals surface area contributed by atoms with Gasteiger partial charge in [0.1, 0.15) is 0 Å². The number of carbonyl (C=O) groups excluding carboxylic acids is 1. The third kappa shape index (κ3) is 4.61. The van der Waals surface area contributed by atoms with Crippen LogP contribution < -0.4 is 5.32 Å². The van der Waals surface area contributed by atoms with E-state index in [1.54, 1.807) is 0 Å². The van der Waals surface area contributed by atoms with Gasteiger partial charge in [-0.25, -0.2) is 0 Å². The van der Waals surface area contributed by atoms with Gasteiger partial charge in [0.15, 0.2) is 0 Å². The summed E-state index contributed by atoms with van der Waals surface area (Å²) in [5, 5.41) is 14.2. The van der Waals surface area contributed by atoms with Crippen molar-refractivity contribution >= 4 is 11.6 Å². The quantitative estimate of drug-likeness (QED) is 0.749. The van der Waals surface area contributed by atoms with Crippen molar-refractivity contribution in [2.24, 2.45) is 0 Å². The minimum Gasteiger partial charge on any atom is -0.390 e. The molecule has 3 aliphatic heterocycles. The average Bonchev–Trinajstić information content (AvgIpc) is 3.29. The molecule has 0 radical (unpaired) electrons. The SMILES string of the molecule is O=C1c2cc(NC3CCOC3)ccc2CCN1CC(O)CN1CCc2ccccc2C1. The Hall–Kier alpha value is -2.41. The van der Waals surface area contributed by atoms with Crippen LogP contribution in [0.2, 0.25) is 0 Å². The summed E-state index contributed by atoms with van der Waals surface area (Å²) in [5.74, 6) is 0.0237. The summed E-state index contributed by atoms with van der Waals surface area (Å²) in [6.07, 6.45) is 2.29. The fraction of sp³-hybridized carbons (Fsp3) is 0.480. The molecule has 1 fully saturated rings. The Morgan fingerprint density at radius 2 is 1.90 bits per heavy atom. The first-order valence-corrected chi connectivity index (χ1v) is 11.4. The number of β-amino-alcohol motifs (C(OH)–C–C–N with tert-alkyl or cyclic N) is 1. The third-order valence-corrected chi connectivity index (χ3v) is 6.69. The van der Waals surface area contributed by atoms with E-state index in [1.165, 1.54) is 11.1 Å². The molecular formula is C25H31N3O3. The van der Waals surface area contributed by atoms with E-state index in [9.17, 15) is 9.90 Å². The van der Waals surface area contributed by atoms with Gasteiger partial charge >= 0.3 is 0 Å². The zero-order valence-corrected chi connectivity index (χ0v) is 17.9. The lowest BCUT2D eigenvalue weighted by atomic mass is 9.97. The van der Waals surface area contributed by atoms with Crippen molar-refractivity contribution in [3.8, 4) is 0 Å². The van der Waals surface area contributed by atoms with Gasteiger partial charge in [-0.2, -0.15) is 0 Å². The highest BCUT2D eigenvalue weighted by Gasteiger charge is 2.28. The summed E-state index contributed by atoms with van der Waals surface area (Å²) < 4.78 is 5.44. The molecule has 3 heterocycles. The highest BCUT2D eigenvalue weighted by Crippen LogP contribution is 2.25. The standard InChI is InChI=1S/C25H31N3O3/c29-23(15-27-10-7-18-3-1-2-4-20(18)14-27)16-28-11-8-19-5-6-21(13-24(19)25(28)30)26-22-9-12-31-17-22/h1-6,13,22-23,26,29H,7-12,14-17H2. The van der Waals surface area contributed by atoms with E-state index in [1.807, 2.05) is 11.0 Å². The Bertz CT molecular complexity index is 941. The zero-order chi connectivity index (χ0) is 21.2. The molecule has 0 spiro atoms. The number of ether oxygens (including phenoxy) is 1. The minimum absolute atomic E-state index is 0.0237. The fourth-order valence-corrected chi connectivity index (χ4v) is 4.99. The normalized spacial score (nSPS) is 22.2. The summed E-state index contributed by atoms with van der Waals surface area (Å²) in [4.78, 5) is 17.3. The van der Waals surface area contributed by atoms with Crippen molar-refractivity contribution in [1.82, 2.24) is 9.80 Å².